The van der Waals surface area contributed by atoms with Gasteiger partial charge in [0.25, 0.3) is 0 Å². The summed E-state index contributed by atoms with van der Waals surface area (Å²) < 4.78 is 0. The van der Waals surface area contributed by atoms with Crippen molar-refractivity contribution >= 4 is 5.95 Å². The van der Waals surface area contributed by atoms with Crippen LogP contribution in [-0.4, -0.2) is 21.7 Å². The second-order valence-corrected chi connectivity index (χ2v) is 1.64. The highest BCUT2D eigenvalue weighted by molar-refractivity contribution is 5.31. The third-order valence-corrected chi connectivity index (χ3v) is 0.898. The van der Waals surface area contributed by atoms with Crippen LogP contribution in [0.25, 0.3) is 0 Å². The summed E-state index contributed by atoms with van der Waals surface area (Å²) in [4.78, 5) is 6.40. The van der Waals surface area contributed by atoms with Crippen LogP contribution in [0.15, 0.2) is 6.20 Å². The Bertz CT molecular complexity index is 268. The van der Waals surface area contributed by atoms with E-state index in [4.69, 9.17) is 10.8 Å². The van der Waals surface area contributed by atoms with Crippen molar-refractivity contribution in [2.45, 2.75) is 0 Å². The van der Waals surface area contributed by atoms with Crippen molar-refractivity contribution in [3.63, 3.8) is 0 Å². The molecule has 1 aromatic heterocycles. The average molecular weight is 137 g/mol. The van der Waals surface area contributed by atoms with Crippen molar-refractivity contribution in [1.29, 1.82) is 0 Å². The van der Waals surface area contributed by atoms with Crippen molar-refractivity contribution < 1.29 is 5.11 Å². The van der Waals surface area contributed by atoms with E-state index in [0.717, 1.165) is 0 Å². The fourth-order valence-electron chi connectivity index (χ4n) is 0.535. The molecule has 0 fully saturated rings. The van der Waals surface area contributed by atoms with Gasteiger partial charge in [0.15, 0.2) is 5.95 Å². The summed E-state index contributed by atoms with van der Waals surface area (Å²) in [6, 6.07) is 0. The van der Waals surface area contributed by atoms with Gasteiger partial charge in [0, 0.05) is 0 Å². The largest absolute Gasteiger partial charge is 0.384 e. The van der Waals surface area contributed by atoms with Crippen LogP contribution < -0.4 is 5.73 Å². The van der Waals surface area contributed by atoms with E-state index in [9.17, 15) is 0 Å². The highest BCUT2D eigenvalue weighted by atomic mass is 16.2. The highest BCUT2D eigenvalue weighted by Gasteiger charge is 1.88. The molecule has 1 rings (SSSR count). The Labute approximate surface area is 58.1 Å². The van der Waals surface area contributed by atoms with Crippen LogP contribution in [-0.2, 0) is 0 Å². The molecule has 0 saturated heterocycles. The maximum atomic E-state index is 8.30. The van der Waals surface area contributed by atoms with E-state index in [2.05, 4.69) is 21.8 Å². The lowest BCUT2D eigenvalue weighted by Gasteiger charge is -1.77. The van der Waals surface area contributed by atoms with Gasteiger partial charge in [-0.05, 0) is 5.92 Å². The van der Waals surface area contributed by atoms with Gasteiger partial charge in [-0.25, -0.2) is 4.98 Å². The number of H-pyrrole nitrogens is 1. The molecule has 0 atom stereocenters. The molecule has 4 N–H and O–H groups in total. The van der Waals surface area contributed by atoms with Crippen LogP contribution in [0.3, 0.4) is 0 Å². The maximum absolute atomic E-state index is 8.30. The molecule has 0 aromatic carbocycles. The third-order valence-electron chi connectivity index (χ3n) is 0.898. The van der Waals surface area contributed by atoms with E-state index >= 15 is 0 Å². The Balaban J connectivity index is 2.76. The first-order valence-corrected chi connectivity index (χ1v) is 2.73. The summed E-state index contributed by atoms with van der Waals surface area (Å²) in [5, 5.41) is 8.30. The van der Waals surface area contributed by atoms with Crippen molar-refractivity contribution in [2.75, 3.05) is 12.3 Å². The Morgan fingerprint density at radius 1 is 1.80 bits per heavy atom. The summed E-state index contributed by atoms with van der Waals surface area (Å²) in [6.45, 7) is -0.154. The number of nitrogens with two attached hydrogens (primary N) is 1. The Hall–Kier alpha value is -1.47. The first kappa shape index (κ1) is 6.65. The molecular weight excluding hydrogens is 130 g/mol. The molecule has 1 heterocycles. The molecule has 0 aliphatic carbocycles. The molecule has 0 bridgehead atoms. The van der Waals surface area contributed by atoms with Gasteiger partial charge in [-0.3, -0.25) is 0 Å². The van der Waals surface area contributed by atoms with E-state index in [-0.39, 0.29) is 6.61 Å². The normalized spacial score (nSPS) is 8.50. The number of imidazole rings is 1. The zero-order valence-electron chi connectivity index (χ0n) is 5.26. The lowest BCUT2D eigenvalue weighted by atomic mass is 10.5. The van der Waals surface area contributed by atoms with Crippen LogP contribution in [0.4, 0.5) is 5.95 Å². The number of aromatic nitrogens is 2. The zero-order chi connectivity index (χ0) is 7.40. The smallest absolute Gasteiger partial charge is 0.198 e. The van der Waals surface area contributed by atoms with Gasteiger partial charge >= 0.3 is 0 Å². The third kappa shape index (κ3) is 1.50. The standard InChI is InChI=1S/C6H7N3O/c7-6-8-4-5(9-6)2-1-3-10/h4,10H,3H2,(H3,7,8,9). The van der Waals surface area contributed by atoms with Gasteiger partial charge in [0.1, 0.15) is 12.3 Å². The number of nitrogen functional groups attached to an aromatic ring is 1. The molecule has 10 heavy (non-hydrogen) atoms. The molecule has 0 aliphatic heterocycles. The lowest BCUT2D eigenvalue weighted by Crippen LogP contribution is -1.85. The van der Waals surface area contributed by atoms with Gasteiger partial charge in [-0.2, -0.15) is 0 Å². The van der Waals surface area contributed by atoms with Crippen molar-refractivity contribution in [1.82, 2.24) is 9.97 Å². The fourth-order valence-corrected chi connectivity index (χ4v) is 0.535. The van der Waals surface area contributed by atoms with Crippen LogP contribution in [0.1, 0.15) is 5.69 Å². The molecular formula is C6H7N3O. The van der Waals surface area contributed by atoms with E-state index < -0.39 is 0 Å². The molecule has 0 unspecified atom stereocenters. The van der Waals surface area contributed by atoms with Gasteiger partial charge < -0.3 is 15.8 Å². The predicted octanol–water partition coefficient (Wildman–Crippen LogP) is -0.664. The Morgan fingerprint density at radius 2 is 2.60 bits per heavy atom. The monoisotopic (exact) mass is 137 g/mol. The summed E-state index contributed by atoms with van der Waals surface area (Å²) in [7, 11) is 0. The number of nitrogens with one attached hydrogen (secondary N) is 1. The van der Waals surface area contributed by atoms with Crippen LogP contribution in [0, 0.1) is 11.8 Å². The number of aliphatic hydroxyl groups excluding tert-OH is 1. The minimum atomic E-state index is -0.154. The number of rotatable bonds is 0. The Morgan fingerprint density at radius 3 is 3.10 bits per heavy atom. The highest BCUT2D eigenvalue weighted by Crippen LogP contribution is 1.93. The summed E-state index contributed by atoms with van der Waals surface area (Å²) in [6.07, 6.45) is 1.51. The number of hydrogen-bond acceptors (Lipinski definition) is 3. The van der Waals surface area contributed by atoms with E-state index in [1.54, 1.807) is 0 Å². The Kier molecular flexibility index (Phi) is 1.92. The second-order valence-electron chi connectivity index (χ2n) is 1.64. The first-order valence-electron chi connectivity index (χ1n) is 2.73. The van der Waals surface area contributed by atoms with Crippen LogP contribution >= 0.6 is 0 Å². The van der Waals surface area contributed by atoms with E-state index in [1.807, 2.05) is 0 Å². The molecule has 0 amide bonds. The van der Waals surface area contributed by atoms with Crippen molar-refractivity contribution in [2.24, 2.45) is 0 Å². The zero-order valence-corrected chi connectivity index (χ0v) is 5.26. The van der Waals surface area contributed by atoms with E-state index in [0.29, 0.717) is 11.6 Å². The molecule has 0 aliphatic rings. The number of aliphatic hydroxyl groups is 1. The van der Waals surface area contributed by atoms with Gasteiger partial charge in [0.05, 0.1) is 6.20 Å². The summed E-state index contributed by atoms with van der Waals surface area (Å²) in [5.41, 5.74) is 5.87. The van der Waals surface area contributed by atoms with Crippen molar-refractivity contribution in [3.8, 4) is 11.8 Å². The van der Waals surface area contributed by atoms with Crippen LogP contribution in [0.5, 0.6) is 0 Å². The molecule has 52 valence electrons. The predicted molar refractivity (Wildman–Crippen MR) is 37.0 cm³/mol. The molecule has 0 radical (unpaired) electrons. The molecule has 4 nitrogen and oxygen atoms in total. The molecule has 0 spiro atoms. The van der Waals surface area contributed by atoms with Gasteiger partial charge in [0.2, 0.25) is 0 Å². The first-order chi connectivity index (χ1) is 4.83. The van der Waals surface area contributed by atoms with Crippen LogP contribution in [0.2, 0.25) is 0 Å². The molecule has 1 aromatic rings. The quantitative estimate of drug-likeness (QED) is 0.415. The summed E-state index contributed by atoms with van der Waals surface area (Å²) in [5.74, 6) is 5.41. The maximum Gasteiger partial charge on any atom is 0.198 e. The second kappa shape index (κ2) is 2.90. The number of nitrogens with zero attached hydrogens (tertiary/aromatic N) is 1. The van der Waals surface area contributed by atoms with Crippen molar-refractivity contribution in [3.05, 3.63) is 11.9 Å². The SMILES string of the molecule is Nc1ncc(C#CCO)[nH]1. The minimum Gasteiger partial charge on any atom is -0.384 e. The van der Waals surface area contributed by atoms with E-state index in [1.165, 1.54) is 6.20 Å². The molecule has 4 heteroatoms. The number of aromatic amines is 1. The van der Waals surface area contributed by atoms with Gasteiger partial charge in [-0.15, -0.1) is 0 Å². The fraction of sp³-hybridized carbons (Fsp3) is 0.167. The molecule has 0 saturated carbocycles. The summed E-state index contributed by atoms with van der Waals surface area (Å²) >= 11 is 0. The number of hydrogen-bond donors (Lipinski definition) is 3. The topological polar surface area (TPSA) is 74.9 Å². The lowest BCUT2D eigenvalue weighted by molar-refractivity contribution is 0.350. The van der Waals surface area contributed by atoms with Gasteiger partial charge in [-0.1, -0.05) is 5.92 Å². The average Bonchev–Trinajstić information content (AvgIpc) is 2.31. The number of anilines is 1. The minimum absolute atomic E-state index is 0.154.